The summed E-state index contributed by atoms with van der Waals surface area (Å²) in [6, 6.07) is 7.60. The van der Waals surface area contributed by atoms with Gasteiger partial charge in [-0.15, -0.1) is 11.3 Å². The number of benzene rings is 1. The van der Waals surface area contributed by atoms with Gasteiger partial charge in [-0.05, 0) is 42.5 Å². The zero-order valence-electron chi connectivity index (χ0n) is 16.8. The molecule has 0 saturated carbocycles. The van der Waals surface area contributed by atoms with E-state index in [1.165, 1.54) is 22.5 Å². The van der Waals surface area contributed by atoms with E-state index in [1.807, 2.05) is 0 Å². The Morgan fingerprint density at radius 3 is 2.55 bits per heavy atom. The van der Waals surface area contributed by atoms with Gasteiger partial charge in [0.05, 0.1) is 35.6 Å². The summed E-state index contributed by atoms with van der Waals surface area (Å²) in [5.41, 5.74) is 0.678. The van der Waals surface area contributed by atoms with E-state index in [0.717, 1.165) is 24.2 Å². The highest BCUT2D eigenvalue weighted by molar-refractivity contribution is 7.94. The van der Waals surface area contributed by atoms with Gasteiger partial charge in [0.15, 0.2) is 0 Å². The van der Waals surface area contributed by atoms with Crippen LogP contribution in [0.3, 0.4) is 0 Å². The molecule has 0 bridgehead atoms. The van der Waals surface area contributed by atoms with Crippen molar-refractivity contribution in [2.45, 2.75) is 28.1 Å². The average Bonchev–Trinajstić information content (AvgIpc) is 3.48. The number of hydrogen-bond acceptors (Lipinski definition) is 8. The fourth-order valence-corrected chi connectivity index (χ4v) is 7.00. The van der Waals surface area contributed by atoms with Gasteiger partial charge in [0.25, 0.3) is 10.0 Å². The molecule has 2 aromatic rings. The Hall–Kier alpha value is -1.70. The number of hydrogen-bond donors (Lipinski definition) is 2. The molecule has 1 aromatic heterocycles. The number of sulfonamides is 2. The topological polar surface area (TPSA) is 114 Å². The summed E-state index contributed by atoms with van der Waals surface area (Å²) in [5.74, 6) is 0. The van der Waals surface area contributed by atoms with Crippen LogP contribution in [-0.4, -0.2) is 66.7 Å². The van der Waals surface area contributed by atoms with Gasteiger partial charge in [-0.25, -0.2) is 16.8 Å². The lowest BCUT2D eigenvalue weighted by Gasteiger charge is -2.26. The van der Waals surface area contributed by atoms with Crippen molar-refractivity contribution in [1.29, 1.82) is 0 Å². The van der Waals surface area contributed by atoms with Crippen LogP contribution < -0.4 is 10.0 Å². The molecule has 170 valence electrons. The highest BCUT2D eigenvalue weighted by Crippen LogP contribution is 2.31. The minimum Gasteiger partial charge on any atom is -0.381 e. The van der Waals surface area contributed by atoms with Crippen LogP contribution in [0, 0.1) is 0 Å². The molecular formula is C19H25N3O6S3. The van der Waals surface area contributed by atoms with Crippen molar-refractivity contribution in [3.8, 4) is 0 Å². The van der Waals surface area contributed by atoms with Crippen molar-refractivity contribution in [2.24, 2.45) is 0 Å². The van der Waals surface area contributed by atoms with Crippen LogP contribution in [0.1, 0.15) is 12.8 Å². The fourth-order valence-electron chi connectivity index (χ4n) is 3.50. The number of ether oxygens (including phenoxy) is 2. The molecular weight excluding hydrogens is 462 g/mol. The van der Waals surface area contributed by atoms with E-state index in [4.69, 9.17) is 9.47 Å². The SMILES string of the molecule is O=S(=O)(Nc1cc(S(=O)(=O)N2CCOCC2)ccc1NC[C@H]1CCCO1)c1cccs1. The number of anilines is 2. The smallest absolute Gasteiger partial charge is 0.271 e. The summed E-state index contributed by atoms with van der Waals surface area (Å²) in [6.07, 6.45) is 1.95. The molecule has 4 rings (SSSR count). The molecule has 2 saturated heterocycles. The van der Waals surface area contributed by atoms with Crippen LogP contribution in [0.5, 0.6) is 0 Å². The van der Waals surface area contributed by atoms with Crippen molar-refractivity contribution < 1.29 is 26.3 Å². The highest BCUT2D eigenvalue weighted by atomic mass is 32.2. The molecule has 2 aliphatic rings. The lowest BCUT2D eigenvalue weighted by atomic mass is 10.2. The molecule has 12 heteroatoms. The van der Waals surface area contributed by atoms with Gasteiger partial charge in [-0.2, -0.15) is 4.31 Å². The first-order valence-corrected chi connectivity index (χ1v) is 13.8. The quantitative estimate of drug-likeness (QED) is 0.586. The van der Waals surface area contributed by atoms with Crippen LogP contribution in [0.4, 0.5) is 11.4 Å². The van der Waals surface area contributed by atoms with Gasteiger partial charge >= 0.3 is 0 Å². The van der Waals surface area contributed by atoms with Crippen LogP contribution in [-0.2, 0) is 29.5 Å². The molecule has 1 atom stereocenters. The minimum absolute atomic E-state index is 0.0287. The van der Waals surface area contributed by atoms with E-state index in [1.54, 1.807) is 17.5 Å². The van der Waals surface area contributed by atoms with E-state index in [-0.39, 0.29) is 34.0 Å². The van der Waals surface area contributed by atoms with Gasteiger partial charge in [-0.3, -0.25) is 4.72 Å². The maximum Gasteiger partial charge on any atom is 0.271 e. The van der Waals surface area contributed by atoms with E-state index >= 15 is 0 Å². The van der Waals surface area contributed by atoms with Crippen LogP contribution in [0.15, 0.2) is 44.8 Å². The molecule has 31 heavy (non-hydrogen) atoms. The summed E-state index contributed by atoms with van der Waals surface area (Å²) >= 11 is 1.09. The van der Waals surface area contributed by atoms with Crippen LogP contribution in [0.25, 0.3) is 0 Å². The van der Waals surface area contributed by atoms with Gasteiger partial charge in [0.1, 0.15) is 4.21 Å². The third-order valence-electron chi connectivity index (χ3n) is 5.15. The Kier molecular flexibility index (Phi) is 6.84. The maximum atomic E-state index is 13.1. The number of nitrogens with one attached hydrogen (secondary N) is 2. The van der Waals surface area contributed by atoms with Gasteiger partial charge < -0.3 is 14.8 Å². The third-order valence-corrected chi connectivity index (χ3v) is 9.80. The summed E-state index contributed by atoms with van der Waals surface area (Å²) < 4.78 is 66.7. The monoisotopic (exact) mass is 487 g/mol. The van der Waals surface area contributed by atoms with Crippen molar-refractivity contribution in [3.63, 3.8) is 0 Å². The van der Waals surface area contributed by atoms with Crippen molar-refractivity contribution in [1.82, 2.24) is 4.31 Å². The normalized spacial score (nSPS) is 20.6. The molecule has 0 spiro atoms. The Morgan fingerprint density at radius 2 is 1.87 bits per heavy atom. The first kappa shape index (κ1) is 22.5. The molecule has 0 radical (unpaired) electrons. The van der Waals surface area contributed by atoms with Gasteiger partial charge in [0.2, 0.25) is 10.0 Å². The number of thiophene rings is 1. The fraction of sp³-hybridized carbons (Fsp3) is 0.474. The Balaban J connectivity index is 1.64. The molecule has 1 aromatic carbocycles. The summed E-state index contributed by atoms with van der Waals surface area (Å²) in [5, 5.41) is 4.88. The maximum absolute atomic E-state index is 13.1. The second-order valence-corrected chi connectivity index (χ2v) is 12.1. The minimum atomic E-state index is -3.85. The predicted octanol–water partition coefficient (Wildman–Crippen LogP) is 2.16. The Morgan fingerprint density at radius 1 is 1.06 bits per heavy atom. The zero-order chi connectivity index (χ0) is 21.9. The van der Waals surface area contributed by atoms with Crippen molar-refractivity contribution in [3.05, 3.63) is 35.7 Å². The summed E-state index contributed by atoms with van der Waals surface area (Å²) in [4.78, 5) is 0.0287. The predicted molar refractivity (Wildman–Crippen MR) is 119 cm³/mol. The van der Waals surface area contributed by atoms with Crippen LogP contribution >= 0.6 is 11.3 Å². The van der Waals surface area contributed by atoms with Crippen LogP contribution in [0.2, 0.25) is 0 Å². The molecule has 2 N–H and O–H groups in total. The van der Waals surface area contributed by atoms with E-state index < -0.39 is 20.0 Å². The first-order valence-electron chi connectivity index (χ1n) is 10.00. The zero-order valence-corrected chi connectivity index (χ0v) is 19.3. The van der Waals surface area contributed by atoms with E-state index in [9.17, 15) is 16.8 Å². The second kappa shape index (κ2) is 9.43. The molecule has 3 heterocycles. The summed E-state index contributed by atoms with van der Waals surface area (Å²) in [7, 11) is -7.62. The lowest BCUT2D eigenvalue weighted by molar-refractivity contribution is 0.0730. The molecule has 2 aliphatic heterocycles. The second-order valence-electron chi connectivity index (χ2n) is 7.28. The Bertz CT molecular complexity index is 1090. The average molecular weight is 488 g/mol. The van der Waals surface area contributed by atoms with Crippen molar-refractivity contribution in [2.75, 3.05) is 49.5 Å². The lowest BCUT2D eigenvalue weighted by Crippen LogP contribution is -2.40. The molecule has 9 nitrogen and oxygen atoms in total. The molecule has 0 unspecified atom stereocenters. The third kappa shape index (κ3) is 5.21. The molecule has 0 aliphatic carbocycles. The largest absolute Gasteiger partial charge is 0.381 e. The molecule has 2 fully saturated rings. The Labute approximate surface area is 186 Å². The van der Waals surface area contributed by atoms with Crippen molar-refractivity contribution >= 4 is 42.8 Å². The first-order chi connectivity index (χ1) is 14.9. The van der Waals surface area contributed by atoms with Gasteiger partial charge in [-0.1, -0.05) is 6.07 Å². The van der Waals surface area contributed by atoms with Gasteiger partial charge in [0, 0.05) is 26.2 Å². The number of morpholine rings is 1. The van der Waals surface area contributed by atoms with E-state index in [2.05, 4.69) is 10.0 Å². The summed E-state index contributed by atoms with van der Waals surface area (Å²) in [6.45, 7) is 2.40. The molecule has 0 amide bonds. The highest BCUT2D eigenvalue weighted by Gasteiger charge is 2.28. The van der Waals surface area contributed by atoms with E-state index in [0.29, 0.717) is 32.1 Å². The standard InChI is InChI=1S/C19H25N3O6S3/c23-30(24,19-4-2-12-29-19)21-18-13-16(31(25,26)22-7-10-27-11-8-22)5-6-17(18)20-14-15-3-1-9-28-15/h2,4-6,12-13,15,20-21H,1,3,7-11,14H2/t15-/m1/s1. The number of nitrogens with zero attached hydrogens (tertiary/aromatic N) is 1. The number of rotatable bonds is 8.